The van der Waals surface area contributed by atoms with Crippen molar-refractivity contribution in [3.8, 4) is 11.5 Å². The molecule has 0 spiro atoms. The van der Waals surface area contributed by atoms with Crippen molar-refractivity contribution in [2.75, 3.05) is 23.1 Å². The van der Waals surface area contributed by atoms with Crippen LogP contribution < -0.4 is 10.0 Å². The summed E-state index contributed by atoms with van der Waals surface area (Å²) in [7, 11) is -7.01. The monoisotopic (exact) mass is 559 g/mol. The molecule has 0 radical (unpaired) electrons. The van der Waals surface area contributed by atoms with E-state index >= 15 is 0 Å². The van der Waals surface area contributed by atoms with E-state index in [1.165, 1.54) is 28.6 Å². The van der Waals surface area contributed by atoms with Crippen molar-refractivity contribution in [2.24, 2.45) is 11.8 Å². The molecule has 0 bridgehead atoms. The molecule has 1 aliphatic heterocycles. The first-order valence-electron chi connectivity index (χ1n) is 12.4. The van der Waals surface area contributed by atoms with Crippen molar-refractivity contribution < 1.29 is 26.0 Å². The lowest BCUT2D eigenvalue weighted by atomic mass is 9.94. The van der Waals surface area contributed by atoms with Crippen LogP contribution in [0, 0.1) is 11.8 Å². The summed E-state index contributed by atoms with van der Waals surface area (Å²) in [6.07, 6.45) is 2.34. The van der Waals surface area contributed by atoms with Gasteiger partial charge >= 0.3 is 6.01 Å². The number of anilines is 2. The molecule has 2 fully saturated rings. The van der Waals surface area contributed by atoms with Gasteiger partial charge in [0.2, 0.25) is 25.9 Å². The Labute approximate surface area is 221 Å². The summed E-state index contributed by atoms with van der Waals surface area (Å²) in [4.78, 5) is 12.8. The summed E-state index contributed by atoms with van der Waals surface area (Å²) < 4.78 is 59.9. The van der Waals surface area contributed by atoms with E-state index in [0.29, 0.717) is 37.2 Å². The maximum atomic E-state index is 13.1. The van der Waals surface area contributed by atoms with Gasteiger partial charge in [-0.05, 0) is 79.6 Å². The van der Waals surface area contributed by atoms with Gasteiger partial charge in [-0.1, -0.05) is 18.9 Å². The molecule has 11 nitrogen and oxygen atoms in total. The number of piperidine rings is 1. The quantitative estimate of drug-likeness (QED) is 0.425. The van der Waals surface area contributed by atoms with E-state index in [1.54, 1.807) is 24.3 Å². The van der Waals surface area contributed by atoms with Crippen molar-refractivity contribution in [1.29, 1.82) is 0 Å². The number of hydrogen-bond donors (Lipinski definition) is 2. The van der Waals surface area contributed by atoms with Gasteiger partial charge in [0.1, 0.15) is 0 Å². The molecule has 202 valence electrons. The number of nitrogens with zero attached hydrogens (tertiary/aromatic N) is 3. The highest BCUT2D eigenvalue weighted by molar-refractivity contribution is 7.93. The Bertz CT molecular complexity index is 1520. The fourth-order valence-corrected chi connectivity index (χ4v) is 7.66. The average Bonchev–Trinajstić information content (AvgIpc) is 3.64. The molecule has 1 saturated heterocycles. The Balaban J connectivity index is 1.22. The smallest absolute Gasteiger partial charge is 0.322 e. The zero-order valence-corrected chi connectivity index (χ0v) is 22.6. The number of carbonyl (C=O) groups is 1. The highest BCUT2D eigenvalue weighted by Crippen LogP contribution is 2.30. The van der Waals surface area contributed by atoms with Gasteiger partial charge < -0.3 is 4.42 Å². The lowest BCUT2D eigenvalue weighted by molar-refractivity contribution is 0.102. The molecule has 2 aromatic carbocycles. The number of amides is 1. The molecule has 0 unspecified atom stereocenters. The van der Waals surface area contributed by atoms with Crippen molar-refractivity contribution in [2.45, 2.75) is 43.3 Å². The number of sulfonamides is 2. The third-order valence-electron chi connectivity index (χ3n) is 6.59. The highest BCUT2D eigenvalue weighted by atomic mass is 32.2. The van der Waals surface area contributed by atoms with Gasteiger partial charge in [0.15, 0.2) is 0 Å². The number of nitrogens with one attached hydrogen (secondary N) is 2. The minimum absolute atomic E-state index is 0.128. The van der Waals surface area contributed by atoms with Crippen LogP contribution >= 0.6 is 0 Å². The Morgan fingerprint density at radius 2 is 1.55 bits per heavy atom. The molecule has 2 heterocycles. The molecular weight excluding hydrogens is 530 g/mol. The molecule has 13 heteroatoms. The molecule has 2 atom stereocenters. The number of benzene rings is 2. The largest absolute Gasteiger partial charge is 0.403 e. The summed E-state index contributed by atoms with van der Waals surface area (Å²) in [5, 5.41) is 9.96. The fourth-order valence-electron chi connectivity index (χ4n) is 4.60. The maximum absolute atomic E-state index is 13.1. The minimum atomic E-state index is -3.65. The first-order chi connectivity index (χ1) is 18.0. The van der Waals surface area contributed by atoms with Crippen LogP contribution in [-0.2, 0) is 20.0 Å². The van der Waals surface area contributed by atoms with Gasteiger partial charge in [0, 0.05) is 29.9 Å². The van der Waals surface area contributed by atoms with Crippen LogP contribution in [0.5, 0.6) is 0 Å². The molecule has 2 aliphatic rings. The zero-order valence-electron chi connectivity index (χ0n) is 21.0. The van der Waals surface area contributed by atoms with Crippen LogP contribution in [0.1, 0.15) is 43.5 Å². The molecular formula is C25H29N5O6S2. The summed E-state index contributed by atoms with van der Waals surface area (Å²) in [5.41, 5.74) is 1.21. The molecule has 3 aromatic rings. The van der Waals surface area contributed by atoms with E-state index in [9.17, 15) is 21.6 Å². The van der Waals surface area contributed by atoms with Crippen molar-refractivity contribution in [3.05, 3.63) is 54.1 Å². The van der Waals surface area contributed by atoms with Gasteiger partial charge in [0.25, 0.3) is 5.91 Å². The van der Waals surface area contributed by atoms with Crippen LogP contribution in [0.25, 0.3) is 11.5 Å². The Kier molecular flexibility index (Phi) is 7.01. The lowest BCUT2D eigenvalue weighted by Gasteiger charge is -2.34. The molecule has 1 aromatic heterocycles. The number of hydrogen-bond acceptors (Lipinski definition) is 8. The molecule has 1 amide bonds. The van der Waals surface area contributed by atoms with E-state index in [-0.39, 0.29) is 39.5 Å². The van der Waals surface area contributed by atoms with E-state index in [4.69, 9.17) is 4.42 Å². The van der Waals surface area contributed by atoms with Gasteiger partial charge in [0.05, 0.1) is 10.1 Å². The predicted molar refractivity (Wildman–Crippen MR) is 141 cm³/mol. The van der Waals surface area contributed by atoms with Crippen LogP contribution in [0.3, 0.4) is 0 Å². The normalized spacial score (nSPS) is 20.7. The number of aromatic nitrogens is 2. The second-order valence-electron chi connectivity index (χ2n) is 10.1. The first-order valence-corrected chi connectivity index (χ1v) is 15.4. The second-order valence-corrected chi connectivity index (χ2v) is 14.0. The van der Waals surface area contributed by atoms with Gasteiger partial charge in [-0.25, -0.2) is 16.8 Å². The van der Waals surface area contributed by atoms with Crippen LogP contribution in [0.2, 0.25) is 0 Å². The number of carbonyl (C=O) groups excluding carboxylic acids is 1. The number of rotatable bonds is 8. The topological polar surface area (TPSA) is 152 Å². The van der Waals surface area contributed by atoms with E-state index in [1.807, 2.05) is 13.8 Å². The van der Waals surface area contributed by atoms with Crippen molar-refractivity contribution >= 4 is 37.7 Å². The van der Waals surface area contributed by atoms with Gasteiger partial charge in [-0.2, -0.15) is 4.31 Å². The summed E-state index contributed by atoms with van der Waals surface area (Å²) in [5.74, 6) is 0.185. The zero-order chi connectivity index (χ0) is 27.1. The lowest BCUT2D eigenvalue weighted by Crippen LogP contribution is -2.42. The van der Waals surface area contributed by atoms with Crippen LogP contribution in [-0.4, -0.2) is 55.6 Å². The third kappa shape index (κ3) is 5.74. The van der Waals surface area contributed by atoms with Gasteiger partial charge in [-0.3, -0.25) is 14.8 Å². The van der Waals surface area contributed by atoms with Crippen LogP contribution in [0.15, 0.2) is 57.8 Å². The first kappa shape index (κ1) is 26.3. The van der Waals surface area contributed by atoms with Gasteiger partial charge in [-0.15, -0.1) is 5.10 Å². The minimum Gasteiger partial charge on any atom is -0.403 e. The summed E-state index contributed by atoms with van der Waals surface area (Å²) in [6.45, 7) is 5.05. The SMILES string of the molecule is C[C@@H]1C[C@H](C)CN(S(=O)(=O)c2ccc(C(=O)Nc3nnc(-c4ccc(NS(=O)(=O)C5CC5)cc4)o3)cc2)C1. The molecule has 38 heavy (non-hydrogen) atoms. The Hall–Kier alpha value is -3.29. The van der Waals surface area contributed by atoms with E-state index in [0.717, 1.165) is 6.42 Å². The highest BCUT2D eigenvalue weighted by Gasteiger charge is 2.35. The summed E-state index contributed by atoms with van der Waals surface area (Å²) >= 11 is 0. The predicted octanol–water partition coefficient (Wildman–Crippen LogP) is 3.56. The summed E-state index contributed by atoms with van der Waals surface area (Å²) in [6, 6.07) is 12.1. The fraction of sp³-hybridized carbons (Fsp3) is 0.400. The van der Waals surface area contributed by atoms with Crippen molar-refractivity contribution in [3.63, 3.8) is 0 Å². The Morgan fingerprint density at radius 1 is 0.921 bits per heavy atom. The third-order valence-corrected chi connectivity index (χ3v) is 10.3. The molecule has 1 aliphatic carbocycles. The standard InChI is InChI=1S/C25H29N5O6S2/c1-16-13-17(2)15-30(14-16)38(34,35)22-9-5-18(6-10-22)23(31)26-25-28-27-24(36-25)19-3-7-20(8-4-19)29-37(32,33)21-11-12-21/h3-10,16-17,21,29H,11-15H2,1-2H3,(H,26,28,31)/t16-,17+. The second kappa shape index (κ2) is 10.1. The average molecular weight is 560 g/mol. The Morgan fingerprint density at radius 3 is 2.16 bits per heavy atom. The van der Waals surface area contributed by atoms with Crippen LogP contribution in [0.4, 0.5) is 11.7 Å². The van der Waals surface area contributed by atoms with Crippen molar-refractivity contribution in [1.82, 2.24) is 14.5 Å². The maximum Gasteiger partial charge on any atom is 0.322 e. The molecule has 5 rings (SSSR count). The molecule has 2 N–H and O–H groups in total. The molecule has 1 saturated carbocycles. The van der Waals surface area contributed by atoms with E-state index in [2.05, 4.69) is 20.2 Å². The van der Waals surface area contributed by atoms with E-state index < -0.39 is 26.0 Å².